The van der Waals surface area contributed by atoms with Crippen molar-refractivity contribution in [2.75, 3.05) is 0 Å². The van der Waals surface area contributed by atoms with E-state index in [0.717, 1.165) is 5.56 Å². The molecule has 0 heterocycles. The van der Waals surface area contributed by atoms with Gasteiger partial charge in [-0.25, -0.2) is 0 Å². The molecule has 19 heavy (non-hydrogen) atoms. The molecule has 0 spiro atoms. The third-order valence-corrected chi connectivity index (χ3v) is 3.36. The van der Waals surface area contributed by atoms with Crippen molar-refractivity contribution in [3.05, 3.63) is 59.7 Å². The van der Waals surface area contributed by atoms with Gasteiger partial charge < -0.3 is 5.11 Å². The van der Waals surface area contributed by atoms with E-state index in [2.05, 4.69) is 44.2 Å². The van der Waals surface area contributed by atoms with Crippen molar-refractivity contribution >= 4 is 0 Å². The van der Waals surface area contributed by atoms with Crippen LogP contribution in [0.5, 0.6) is 0 Å². The normalized spacial score (nSPS) is 11.9. The Hall–Kier alpha value is -1.60. The van der Waals surface area contributed by atoms with E-state index in [1.54, 1.807) is 13.8 Å². The maximum absolute atomic E-state index is 9.52. The largest absolute Gasteiger partial charge is 0.386 e. The van der Waals surface area contributed by atoms with Crippen LogP contribution in [-0.4, -0.2) is 5.11 Å². The highest BCUT2D eigenvalue weighted by Gasteiger charge is 2.23. The Kier molecular flexibility index (Phi) is 3.77. The average molecular weight is 254 g/mol. The summed E-state index contributed by atoms with van der Waals surface area (Å²) in [5.41, 5.74) is 4.35. The summed E-state index contributed by atoms with van der Waals surface area (Å²) in [6.07, 6.45) is 0. The number of rotatable bonds is 2. The van der Waals surface area contributed by atoms with Gasteiger partial charge >= 0.3 is 0 Å². The van der Waals surface area contributed by atoms with Gasteiger partial charge in [0.05, 0.1) is 5.60 Å². The number of hydrogen-bond donors (Lipinski definition) is 1. The molecule has 0 bridgehead atoms. The van der Waals surface area contributed by atoms with E-state index in [1.807, 2.05) is 18.2 Å². The Morgan fingerprint density at radius 2 is 1.42 bits per heavy atom. The highest BCUT2D eigenvalue weighted by atomic mass is 16.3. The molecule has 0 saturated carbocycles. The summed E-state index contributed by atoms with van der Waals surface area (Å²) < 4.78 is 0. The quantitative estimate of drug-likeness (QED) is 0.702. The van der Waals surface area contributed by atoms with Crippen LogP contribution in [-0.2, 0) is 5.60 Å². The fourth-order valence-electron chi connectivity index (χ4n) is 1.95. The third-order valence-electron chi connectivity index (χ3n) is 3.36. The summed E-state index contributed by atoms with van der Waals surface area (Å²) in [4.78, 5) is 0. The predicted octanol–water partition coefficient (Wildman–Crippen LogP) is 4.70. The van der Waals surface area contributed by atoms with Crippen molar-refractivity contribution in [1.29, 1.82) is 0 Å². The standard InChI is InChI=1S/C9H10O.C9H12/c1-9(2,10)8-4-6-3-7(6)5-8;1-8(2)9-6-4-3-5-7-9/h3-5,10H,1-2H3;3-8H,1-2H3. The summed E-state index contributed by atoms with van der Waals surface area (Å²) in [5.74, 6) is 0.659. The van der Waals surface area contributed by atoms with E-state index in [4.69, 9.17) is 0 Å². The maximum Gasteiger partial charge on any atom is 0.0840 e. The average Bonchev–Trinajstić information content (AvgIpc) is 2.97. The van der Waals surface area contributed by atoms with E-state index < -0.39 is 5.60 Å². The van der Waals surface area contributed by atoms with E-state index in [1.165, 1.54) is 16.7 Å². The van der Waals surface area contributed by atoms with Gasteiger partial charge in [0.2, 0.25) is 0 Å². The molecule has 3 rings (SSSR count). The van der Waals surface area contributed by atoms with E-state index >= 15 is 0 Å². The molecule has 0 radical (unpaired) electrons. The zero-order valence-corrected chi connectivity index (χ0v) is 12.1. The van der Waals surface area contributed by atoms with Gasteiger partial charge in [-0.05, 0) is 60.2 Å². The first-order chi connectivity index (χ1) is 8.88. The van der Waals surface area contributed by atoms with Crippen molar-refractivity contribution in [1.82, 2.24) is 0 Å². The molecule has 0 saturated heterocycles. The van der Waals surface area contributed by atoms with Crippen molar-refractivity contribution < 1.29 is 5.11 Å². The minimum Gasteiger partial charge on any atom is -0.386 e. The zero-order valence-electron chi connectivity index (χ0n) is 12.1. The Morgan fingerprint density at radius 3 is 1.74 bits per heavy atom. The zero-order chi connectivity index (χ0) is 14.0. The predicted molar refractivity (Wildman–Crippen MR) is 81.2 cm³/mol. The molecule has 0 atom stereocenters. The van der Waals surface area contributed by atoms with Crippen LogP contribution in [0.3, 0.4) is 0 Å². The van der Waals surface area contributed by atoms with Gasteiger partial charge in [-0.3, -0.25) is 0 Å². The number of fused-ring (bicyclic) bond motifs is 1. The van der Waals surface area contributed by atoms with E-state index in [0.29, 0.717) is 5.92 Å². The Morgan fingerprint density at radius 1 is 0.895 bits per heavy atom. The Bertz CT molecular complexity index is 527. The molecule has 1 heteroatoms. The second-order valence-electron chi connectivity index (χ2n) is 5.92. The lowest BCUT2D eigenvalue weighted by molar-refractivity contribution is 0.0790. The van der Waals surface area contributed by atoms with Crippen LogP contribution in [0.15, 0.2) is 48.5 Å². The van der Waals surface area contributed by atoms with Crippen LogP contribution in [0.2, 0.25) is 0 Å². The fourth-order valence-corrected chi connectivity index (χ4v) is 1.95. The minimum atomic E-state index is -0.665. The second-order valence-corrected chi connectivity index (χ2v) is 5.92. The molecule has 1 N–H and O–H groups in total. The van der Waals surface area contributed by atoms with Gasteiger partial charge in [0.15, 0.2) is 0 Å². The summed E-state index contributed by atoms with van der Waals surface area (Å²) in [7, 11) is 0. The lowest BCUT2D eigenvalue weighted by atomic mass is 10.0. The number of hydrogen-bond acceptors (Lipinski definition) is 1. The molecular weight excluding hydrogens is 232 g/mol. The highest BCUT2D eigenvalue weighted by molar-refractivity contribution is 5.82. The van der Waals surface area contributed by atoms with E-state index in [-0.39, 0.29) is 0 Å². The molecule has 2 aliphatic carbocycles. The van der Waals surface area contributed by atoms with Gasteiger partial charge in [-0.15, -0.1) is 0 Å². The monoisotopic (exact) mass is 254 g/mol. The summed E-state index contributed by atoms with van der Waals surface area (Å²) in [6, 6.07) is 16.7. The molecule has 0 unspecified atom stereocenters. The molecule has 0 amide bonds. The lowest BCUT2D eigenvalue weighted by Crippen LogP contribution is -2.13. The van der Waals surface area contributed by atoms with Crippen LogP contribution in [0, 0.1) is 0 Å². The molecule has 0 aromatic heterocycles. The van der Waals surface area contributed by atoms with Crippen molar-refractivity contribution in [2.24, 2.45) is 0 Å². The molecular formula is C18H22O. The smallest absolute Gasteiger partial charge is 0.0840 e. The summed E-state index contributed by atoms with van der Waals surface area (Å²) in [5, 5.41) is 9.52. The number of aliphatic hydroxyl groups is 1. The highest BCUT2D eigenvalue weighted by Crippen LogP contribution is 2.39. The summed E-state index contributed by atoms with van der Waals surface area (Å²) >= 11 is 0. The molecule has 0 aliphatic heterocycles. The molecule has 2 aliphatic rings. The van der Waals surface area contributed by atoms with Gasteiger partial charge in [-0.1, -0.05) is 44.2 Å². The van der Waals surface area contributed by atoms with Crippen LogP contribution in [0.25, 0.3) is 11.1 Å². The minimum absolute atomic E-state index is 0.659. The third kappa shape index (κ3) is 3.68. The SMILES string of the molecule is CC(C)(O)c1cc2cc-2c1.CC(C)c1ccccc1. The molecule has 1 aromatic rings. The van der Waals surface area contributed by atoms with Gasteiger partial charge in [0, 0.05) is 0 Å². The van der Waals surface area contributed by atoms with Crippen molar-refractivity contribution in [2.45, 2.75) is 39.2 Å². The van der Waals surface area contributed by atoms with E-state index in [9.17, 15) is 5.11 Å². The van der Waals surface area contributed by atoms with Crippen LogP contribution in [0.1, 0.15) is 44.7 Å². The van der Waals surface area contributed by atoms with Crippen LogP contribution in [0.4, 0.5) is 0 Å². The molecule has 0 fully saturated rings. The van der Waals surface area contributed by atoms with Gasteiger partial charge in [0.25, 0.3) is 0 Å². The lowest BCUT2D eigenvalue weighted by Gasteiger charge is -2.14. The first-order valence-corrected chi connectivity index (χ1v) is 6.81. The maximum atomic E-state index is 9.52. The first-order valence-electron chi connectivity index (χ1n) is 6.81. The molecule has 1 nitrogen and oxygen atoms in total. The van der Waals surface area contributed by atoms with Crippen LogP contribution >= 0.6 is 0 Å². The van der Waals surface area contributed by atoms with Crippen molar-refractivity contribution in [3.63, 3.8) is 0 Å². The summed E-state index contributed by atoms with van der Waals surface area (Å²) in [6.45, 7) is 8.02. The van der Waals surface area contributed by atoms with Gasteiger partial charge in [-0.2, -0.15) is 0 Å². The Balaban J connectivity index is 0.000000141. The first kappa shape index (κ1) is 13.8. The fraction of sp³-hybridized carbons (Fsp3) is 0.333. The molecule has 1 aromatic carbocycles. The van der Waals surface area contributed by atoms with Gasteiger partial charge in [0.1, 0.15) is 0 Å². The van der Waals surface area contributed by atoms with Crippen molar-refractivity contribution in [3.8, 4) is 11.1 Å². The second kappa shape index (κ2) is 5.18. The van der Waals surface area contributed by atoms with Crippen LogP contribution < -0.4 is 0 Å². The molecule has 100 valence electrons. The topological polar surface area (TPSA) is 20.2 Å². The Labute approximate surface area is 115 Å². The number of benzene rings is 2.